The first-order chi connectivity index (χ1) is 12.8. The van der Waals surface area contributed by atoms with Crippen LogP contribution in [0.15, 0.2) is 30.3 Å². The van der Waals surface area contributed by atoms with Gasteiger partial charge in [-0.3, -0.25) is 9.59 Å². The first kappa shape index (κ1) is 21.5. The highest BCUT2D eigenvalue weighted by Crippen LogP contribution is 2.29. The molecular formula is C21H27ClN2O2S. The number of halogens is 1. The Balaban J connectivity index is 2.15. The van der Waals surface area contributed by atoms with Crippen molar-refractivity contribution in [2.75, 3.05) is 11.9 Å². The Labute approximate surface area is 170 Å². The fourth-order valence-electron chi connectivity index (χ4n) is 2.84. The maximum absolute atomic E-state index is 13.0. The van der Waals surface area contributed by atoms with Gasteiger partial charge in [-0.05, 0) is 51.0 Å². The number of unbranched alkanes of at least 4 members (excludes halogenated alkanes) is 2. The maximum Gasteiger partial charge on any atom is 0.264 e. The number of benzene rings is 1. The predicted molar refractivity (Wildman–Crippen MR) is 114 cm³/mol. The van der Waals surface area contributed by atoms with Crippen LogP contribution in [0.3, 0.4) is 0 Å². The summed E-state index contributed by atoms with van der Waals surface area (Å²) in [5.41, 5.74) is 1.29. The average Bonchev–Trinajstić information content (AvgIpc) is 2.98. The third-order valence-electron chi connectivity index (χ3n) is 4.35. The zero-order valence-corrected chi connectivity index (χ0v) is 17.9. The molecule has 0 saturated carbocycles. The van der Waals surface area contributed by atoms with E-state index in [1.807, 2.05) is 31.7 Å². The molecule has 0 atom stereocenters. The first-order valence-electron chi connectivity index (χ1n) is 9.32. The summed E-state index contributed by atoms with van der Waals surface area (Å²) in [6.45, 7) is 8.88. The van der Waals surface area contributed by atoms with E-state index in [9.17, 15) is 9.59 Å². The third kappa shape index (κ3) is 5.56. The van der Waals surface area contributed by atoms with E-state index in [0.717, 1.165) is 31.4 Å². The number of hydrogen-bond acceptors (Lipinski definition) is 3. The topological polar surface area (TPSA) is 49.4 Å². The lowest BCUT2D eigenvalue weighted by atomic mass is 10.2. The Bertz CT molecular complexity index is 801. The zero-order valence-electron chi connectivity index (χ0n) is 16.3. The van der Waals surface area contributed by atoms with Crippen molar-refractivity contribution in [3.8, 4) is 0 Å². The smallest absolute Gasteiger partial charge is 0.264 e. The molecule has 146 valence electrons. The molecule has 0 radical (unpaired) electrons. The van der Waals surface area contributed by atoms with Crippen molar-refractivity contribution >= 4 is 39.8 Å². The van der Waals surface area contributed by atoms with Gasteiger partial charge in [0.2, 0.25) is 0 Å². The molecule has 0 spiro atoms. The zero-order chi connectivity index (χ0) is 20.0. The maximum atomic E-state index is 13.0. The van der Waals surface area contributed by atoms with E-state index < -0.39 is 0 Å². The number of thiophene rings is 1. The summed E-state index contributed by atoms with van der Waals surface area (Å²) in [7, 11) is 0. The lowest BCUT2D eigenvalue weighted by Crippen LogP contribution is -2.37. The Morgan fingerprint density at radius 3 is 2.56 bits per heavy atom. The molecule has 1 N–H and O–H groups in total. The summed E-state index contributed by atoms with van der Waals surface area (Å²) >= 11 is 7.41. The van der Waals surface area contributed by atoms with Gasteiger partial charge >= 0.3 is 0 Å². The van der Waals surface area contributed by atoms with Crippen molar-refractivity contribution in [3.05, 3.63) is 51.4 Å². The fraction of sp³-hybridized carbons (Fsp3) is 0.429. The Morgan fingerprint density at radius 2 is 1.93 bits per heavy atom. The number of carbonyl (C=O) groups excluding carboxylic acids is 2. The first-order valence-corrected chi connectivity index (χ1v) is 10.5. The van der Waals surface area contributed by atoms with Gasteiger partial charge in [-0.15, -0.1) is 11.3 Å². The second-order valence-corrected chi connectivity index (χ2v) is 8.32. The molecule has 0 fully saturated rings. The number of anilines is 1. The van der Waals surface area contributed by atoms with E-state index in [4.69, 9.17) is 11.6 Å². The lowest BCUT2D eigenvalue weighted by molar-refractivity contribution is 0.0706. The summed E-state index contributed by atoms with van der Waals surface area (Å²) in [6.07, 6.45) is 3.23. The number of nitrogens with one attached hydrogen (secondary N) is 1. The van der Waals surface area contributed by atoms with E-state index in [1.54, 1.807) is 24.3 Å². The number of carbonyl (C=O) groups is 2. The van der Waals surface area contributed by atoms with Crippen LogP contribution in [0.25, 0.3) is 0 Å². The van der Waals surface area contributed by atoms with Gasteiger partial charge in [-0.2, -0.15) is 0 Å². The quantitative estimate of drug-likeness (QED) is 0.546. The molecule has 0 unspecified atom stereocenters. The molecule has 0 aliphatic rings. The second kappa shape index (κ2) is 9.90. The van der Waals surface area contributed by atoms with Crippen LogP contribution in [0.4, 0.5) is 5.00 Å². The molecule has 2 rings (SSSR count). The summed E-state index contributed by atoms with van der Waals surface area (Å²) in [5, 5.41) is 3.92. The standard InChI is InChI=1S/C21H27ClN2O2S/c1-5-6-9-12-24(14(2)3)21(26)19-15(4)13-18(27-19)23-20(25)16-10-7-8-11-17(16)22/h7-8,10-11,13-14H,5-6,9,12H2,1-4H3,(H,23,25). The molecule has 0 aliphatic heterocycles. The molecule has 6 heteroatoms. The number of hydrogen-bond donors (Lipinski definition) is 1. The molecule has 4 nitrogen and oxygen atoms in total. The van der Waals surface area contributed by atoms with Gasteiger partial charge in [-0.25, -0.2) is 0 Å². The second-order valence-electron chi connectivity index (χ2n) is 6.86. The molecule has 2 amide bonds. The van der Waals surface area contributed by atoms with Crippen molar-refractivity contribution in [1.82, 2.24) is 4.90 Å². The minimum atomic E-state index is -0.274. The van der Waals surface area contributed by atoms with Gasteiger partial charge in [0.05, 0.1) is 20.5 Å². The Morgan fingerprint density at radius 1 is 1.22 bits per heavy atom. The van der Waals surface area contributed by atoms with E-state index in [1.165, 1.54) is 11.3 Å². The molecule has 27 heavy (non-hydrogen) atoms. The summed E-state index contributed by atoms with van der Waals surface area (Å²) in [5.74, 6) is -0.244. The molecule has 1 aromatic carbocycles. The van der Waals surface area contributed by atoms with E-state index >= 15 is 0 Å². The van der Waals surface area contributed by atoms with Gasteiger partial charge in [0.15, 0.2) is 0 Å². The number of aryl methyl sites for hydroxylation is 1. The van der Waals surface area contributed by atoms with E-state index in [0.29, 0.717) is 20.5 Å². The minimum absolute atomic E-state index is 0.0295. The highest BCUT2D eigenvalue weighted by molar-refractivity contribution is 7.18. The van der Waals surface area contributed by atoms with Crippen LogP contribution in [0, 0.1) is 6.92 Å². The van der Waals surface area contributed by atoms with Gasteiger partial charge in [-0.1, -0.05) is 43.5 Å². The predicted octanol–water partition coefficient (Wildman–Crippen LogP) is 6.00. The number of amides is 2. The molecule has 2 aromatic rings. The molecule has 0 aliphatic carbocycles. The SMILES string of the molecule is CCCCCN(C(=O)c1sc(NC(=O)c2ccccc2Cl)cc1C)C(C)C. The molecule has 0 bridgehead atoms. The van der Waals surface area contributed by atoms with Gasteiger partial charge in [0.1, 0.15) is 0 Å². The van der Waals surface area contributed by atoms with Gasteiger partial charge in [0.25, 0.3) is 11.8 Å². The molecule has 1 aromatic heterocycles. The fourth-order valence-corrected chi connectivity index (χ4v) is 4.08. The van der Waals surface area contributed by atoms with Crippen molar-refractivity contribution < 1.29 is 9.59 Å². The van der Waals surface area contributed by atoms with Gasteiger partial charge < -0.3 is 10.2 Å². The van der Waals surface area contributed by atoms with Crippen LogP contribution >= 0.6 is 22.9 Å². The van der Waals surface area contributed by atoms with Crippen molar-refractivity contribution in [2.24, 2.45) is 0 Å². The van der Waals surface area contributed by atoms with Crippen LogP contribution in [0.5, 0.6) is 0 Å². The number of rotatable bonds is 8. The lowest BCUT2D eigenvalue weighted by Gasteiger charge is -2.26. The normalized spacial score (nSPS) is 10.9. The van der Waals surface area contributed by atoms with Crippen LogP contribution in [-0.4, -0.2) is 29.3 Å². The van der Waals surface area contributed by atoms with E-state index in [-0.39, 0.29) is 17.9 Å². The highest BCUT2D eigenvalue weighted by atomic mass is 35.5. The molecular weight excluding hydrogens is 380 g/mol. The minimum Gasteiger partial charge on any atom is -0.336 e. The van der Waals surface area contributed by atoms with Crippen molar-refractivity contribution in [1.29, 1.82) is 0 Å². The summed E-state index contributed by atoms with van der Waals surface area (Å²) in [6, 6.07) is 8.89. The average molecular weight is 407 g/mol. The third-order valence-corrected chi connectivity index (χ3v) is 5.82. The molecule has 0 saturated heterocycles. The monoisotopic (exact) mass is 406 g/mol. The summed E-state index contributed by atoms with van der Waals surface area (Å²) in [4.78, 5) is 28.1. The van der Waals surface area contributed by atoms with E-state index in [2.05, 4.69) is 12.2 Å². The molecule has 1 heterocycles. The Kier molecular flexibility index (Phi) is 7.87. The largest absolute Gasteiger partial charge is 0.336 e. The number of nitrogens with zero attached hydrogens (tertiary/aromatic N) is 1. The van der Waals surface area contributed by atoms with Crippen molar-refractivity contribution in [2.45, 2.75) is 53.0 Å². The van der Waals surface area contributed by atoms with Crippen LogP contribution in [0.1, 0.15) is 65.6 Å². The Hall–Kier alpha value is -1.85. The van der Waals surface area contributed by atoms with Crippen LogP contribution in [0.2, 0.25) is 5.02 Å². The van der Waals surface area contributed by atoms with Crippen LogP contribution < -0.4 is 5.32 Å². The van der Waals surface area contributed by atoms with Crippen molar-refractivity contribution in [3.63, 3.8) is 0 Å². The van der Waals surface area contributed by atoms with Crippen LogP contribution in [-0.2, 0) is 0 Å². The highest BCUT2D eigenvalue weighted by Gasteiger charge is 2.23. The summed E-state index contributed by atoms with van der Waals surface area (Å²) < 4.78 is 0. The van der Waals surface area contributed by atoms with Gasteiger partial charge in [0, 0.05) is 12.6 Å².